The number of nitrogens with one attached hydrogen (secondary N) is 1. The molecule has 0 heterocycles. The fourth-order valence-corrected chi connectivity index (χ4v) is 2.59. The Hall–Kier alpha value is -1.23. The molecule has 0 bridgehead atoms. The number of nitrogens with two attached hydrogens (primary N) is 1. The van der Waals surface area contributed by atoms with Crippen LogP contribution in [0.4, 0.5) is 11.4 Å². The number of halogens is 3. The van der Waals surface area contributed by atoms with Gasteiger partial charge in [0.15, 0.2) is 0 Å². The van der Waals surface area contributed by atoms with E-state index in [0.717, 1.165) is 5.56 Å². The number of rotatable bonds is 2. The molecule has 0 spiro atoms. The zero-order valence-corrected chi connectivity index (χ0v) is 13.6. The Morgan fingerprint density at radius 2 is 1.95 bits per heavy atom. The predicted molar refractivity (Wildman–Crippen MR) is 87.7 cm³/mol. The van der Waals surface area contributed by atoms with Crippen molar-refractivity contribution in [2.45, 2.75) is 6.92 Å². The molecule has 2 aromatic carbocycles. The fraction of sp³-hybridized carbons (Fsp3) is 0.0714. The van der Waals surface area contributed by atoms with E-state index in [2.05, 4.69) is 21.2 Å². The molecular weight excluding hydrogens is 363 g/mol. The van der Waals surface area contributed by atoms with Crippen molar-refractivity contribution >= 4 is 56.4 Å². The zero-order valence-electron chi connectivity index (χ0n) is 10.5. The van der Waals surface area contributed by atoms with Gasteiger partial charge in [0.1, 0.15) is 0 Å². The van der Waals surface area contributed by atoms with E-state index in [1.807, 2.05) is 6.92 Å². The predicted octanol–water partition coefficient (Wildman–Crippen LogP) is 4.90. The van der Waals surface area contributed by atoms with Crippen LogP contribution in [0.3, 0.4) is 0 Å². The number of nitrogen functional groups attached to an aromatic ring is 1. The summed E-state index contributed by atoms with van der Waals surface area (Å²) in [6, 6.07) is 8.54. The van der Waals surface area contributed by atoms with E-state index in [0.29, 0.717) is 31.5 Å². The Morgan fingerprint density at radius 1 is 1.25 bits per heavy atom. The maximum Gasteiger partial charge on any atom is 0.256 e. The van der Waals surface area contributed by atoms with Crippen LogP contribution in [-0.2, 0) is 0 Å². The van der Waals surface area contributed by atoms with Crippen molar-refractivity contribution in [2.24, 2.45) is 0 Å². The Balaban J connectivity index is 2.38. The SMILES string of the molecule is Cc1ccc(Cl)c(NC(=O)c2cccc(N)c2Br)c1Cl. The van der Waals surface area contributed by atoms with Crippen molar-refractivity contribution in [3.8, 4) is 0 Å². The topological polar surface area (TPSA) is 55.1 Å². The summed E-state index contributed by atoms with van der Waals surface area (Å²) in [5, 5.41) is 3.52. The first kappa shape index (κ1) is 15.2. The smallest absolute Gasteiger partial charge is 0.256 e. The standard InChI is InChI=1S/C14H11BrCl2N2O/c1-7-5-6-9(16)13(12(7)17)19-14(20)8-3-2-4-10(18)11(8)15/h2-6H,18H2,1H3,(H,19,20). The summed E-state index contributed by atoms with van der Waals surface area (Å²) in [5.74, 6) is -0.335. The minimum absolute atomic E-state index is 0.335. The number of carbonyl (C=O) groups is 1. The molecule has 0 saturated carbocycles. The van der Waals surface area contributed by atoms with Crippen LogP contribution in [0.15, 0.2) is 34.8 Å². The molecule has 3 nitrogen and oxygen atoms in total. The van der Waals surface area contributed by atoms with Gasteiger partial charge in [0.05, 0.1) is 25.8 Å². The molecule has 0 radical (unpaired) electrons. The van der Waals surface area contributed by atoms with Crippen molar-refractivity contribution in [2.75, 3.05) is 11.1 Å². The molecule has 104 valence electrons. The first-order chi connectivity index (χ1) is 9.41. The summed E-state index contributed by atoms with van der Waals surface area (Å²) in [7, 11) is 0. The average Bonchev–Trinajstić information content (AvgIpc) is 2.42. The highest BCUT2D eigenvalue weighted by molar-refractivity contribution is 9.10. The summed E-state index contributed by atoms with van der Waals surface area (Å²) < 4.78 is 0.539. The zero-order chi connectivity index (χ0) is 14.9. The number of benzene rings is 2. The number of hydrogen-bond acceptors (Lipinski definition) is 2. The molecule has 0 atom stereocenters. The third-order valence-electron chi connectivity index (χ3n) is 2.80. The van der Waals surface area contributed by atoms with Crippen molar-refractivity contribution in [3.63, 3.8) is 0 Å². The molecule has 2 rings (SSSR count). The first-order valence-corrected chi connectivity index (χ1v) is 7.26. The summed E-state index contributed by atoms with van der Waals surface area (Å²) in [5.41, 5.74) is 7.88. The number of carbonyl (C=O) groups excluding carboxylic acids is 1. The molecule has 0 aliphatic heterocycles. The molecular formula is C14H11BrCl2N2O. The third-order valence-corrected chi connectivity index (χ3v) is 4.48. The van der Waals surface area contributed by atoms with Gasteiger partial charge in [-0.15, -0.1) is 0 Å². The van der Waals surface area contributed by atoms with Crippen molar-refractivity contribution in [1.82, 2.24) is 0 Å². The maximum atomic E-state index is 12.3. The van der Waals surface area contributed by atoms with Gasteiger partial charge in [-0.25, -0.2) is 0 Å². The summed E-state index contributed by atoms with van der Waals surface area (Å²) >= 11 is 15.5. The molecule has 1 amide bonds. The molecule has 0 fully saturated rings. The van der Waals surface area contributed by atoms with E-state index in [1.165, 1.54) is 0 Å². The lowest BCUT2D eigenvalue weighted by Crippen LogP contribution is -2.14. The van der Waals surface area contributed by atoms with Gasteiger partial charge in [0.2, 0.25) is 0 Å². The van der Waals surface area contributed by atoms with E-state index < -0.39 is 0 Å². The van der Waals surface area contributed by atoms with Crippen LogP contribution in [0.1, 0.15) is 15.9 Å². The van der Waals surface area contributed by atoms with Crippen molar-refractivity contribution < 1.29 is 4.79 Å². The van der Waals surface area contributed by atoms with Crippen LogP contribution in [0.25, 0.3) is 0 Å². The highest BCUT2D eigenvalue weighted by Gasteiger charge is 2.16. The normalized spacial score (nSPS) is 10.4. The Labute approximate surface area is 135 Å². The molecule has 3 N–H and O–H groups in total. The quantitative estimate of drug-likeness (QED) is 0.735. The summed E-state index contributed by atoms with van der Waals surface area (Å²) in [6.07, 6.45) is 0. The largest absolute Gasteiger partial charge is 0.398 e. The monoisotopic (exact) mass is 372 g/mol. The van der Waals surface area contributed by atoms with Crippen LogP contribution in [0, 0.1) is 6.92 Å². The number of amides is 1. The van der Waals surface area contributed by atoms with E-state index in [4.69, 9.17) is 28.9 Å². The summed E-state index contributed by atoms with van der Waals surface area (Å²) in [4.78, 5) is 12.3. The van der Waals surface area contributed by atoms with Gasteiger partial charge in [0, 0.05) is 5.69 Å². The molecule has 0 saturated heterocycles. The van der Waals surface area contributed by atoms with Gasteiger partial charge in [-0.2, -0.15) is 0 Å². The van der Waals surface area contributed by atoms with E-state index in [9.17, 15) is 4.79 Å². The number of aryl methyl sites for hydroxylation is 1. The van der Waals surface area contributed by atoms with Crippen LogP contribution in [0.2, 0.25) is 10.0 Å². The fourth-order valence-electron chi connectivity index (χ4n) is 1.68. The molecule has 6 heteroatoms. The molecule has 2 aromatic rings. The number of anilines is 2. The van der Waals surface area contributed by atoms with Crippen LogP contribution >= 0.6 is 39.1 Å². The van der Waals surface area contributed by atoms with Gasteiger partial charge in [-0.3, -0.25) is 4.79 Å². The average molecular weight is 374 g/mol. The van der Waals surface area contributed by atoms with Crippen LogP contribution in [-0.4, -0.2) is 5.91 Å². The minimum Gasteiger partial charge on any atom is -0.398 e. The number of hydrogen-bond donors (Lipinski definition) is 2. The first-order valence-electron chi connectivity index (χ1n) is 5.71. The second-order valence-corrected chi connectivity index (χ2v) is 5.79. The van der Waals surface area contributed by atoms with Gasteiger partial charge < -0.3 is 11.1 Å². The molecule has 20 heavy (non-hydrogen) atoms. The van der Waals surface area contributed by atoms with Crippen molar-refractivity contribution in [1.29, 1.82) is 0 Å². The lowest BCUT2D eigenvalue weighted by atomic mass is 10.1. The van der Waals surface area contributed by atoms with Gasteiger partial charge in [-0.05, 0) is 46.6 Å². The molecule has 0 aliphatic rings. The molecule has 0 aromatic heterocycles. The Morgan fingerprint density at radius 3 is 2.65 bits per heavy atom. The van der Waals surface area contributed by atoms with Gasteiger partial charge in [-0.1, -0.05) is 35.3 Å². The van der Waals surface area contributed by atoms with E-state index in [-0.39, 0.29) is 5.91 Å². The Bertz CT molecular complexity index is 689. The lowest BCUT2D eigenvalue weighted by Gasteiger charge is -2.12. The van der Waals surface area contributed by atoms with E-state index >= 15 is 0 Å². The third kappa shape index (κ3) is 2.92. The molecule has 0 unspecified atom stereocenters. The summed E-state index contributed by atoms with van der Waals surface area (Å²) in [6.45, 7) is 1.84. The molecule has 0 aliphatic carbocycles. The van der Waals surface area contributed by atoms with Crippen molar-refractivity contribution in [3.05, 3.63) is 56.0 Å². The second kappa shape index (κ2) is 6.04. The highest BCUT2D eigenvalue weighted by atomic mass is 79.9. The van der Waals surface area contributed by atoms with Gasteiger partial charge >= 0.3 is 0 Å². The van der Waals surface area contributed by atoms with E-state index in [1.54, 1.807) is 30.3 Å². The second-order valence-electron chi connectivity index (χ2n) is 4.22. The lowest BCUT2D eigenvalue weighted by molar-refractivity contribution is 0.102. The Kier molecular flexibility index (Phi) is 4.58. The van der Waals surface area contributed by atoms with Crippen LogP contribution < -0.4 is 11.1 Å². The van der Waals surface area contributed by atoms with Gasteiger partial charge in [0.25, 0.3) is 5.91 Å². The maximum absolute atomic E-state index is 12.3. The minimum atomic E-state index is -0.335. The van der Waals surface area contributed by atoms with Crippen LogP contribution in [0.5, 0.6) is 0 Å². The highest BCUT2D eigenvalue weighted by Crippen LogP contribution is 2.34.